The third-order valence-corrected chi connectivity index (χ3v) is 3.62. The quantitative estimate of drug-likeness (QED) is 0.843. The van der Waals surface area contributed by atoms with Crippen molar-refractivity contribution in [1.29, 1.82) is 0 Å². The highest BCUT2D eigenvalue weighted by Crippen LogP contribution is 2.30. The monoisotopic (exact) mass is 298 g/mol. The molecular formula is C14H20F2N4O. The second-order valence-electron chi connectivity index (χ2n) is 5.19. The maximum absolute atomic E-state index is 14.1. The van der Waals surface area contributed by atoms with E-state index in [0.29, 0.717) is 6.54 Å². The molecule has 1 amide bonds. The summed E-state index contributed by atoms with van der Waals surface area (Å²) in [5.41, 5.74) is 5.25. The number of nitrogens with two attached hydrogens (primary N) is 1. The van der Waals surface area contributed by atoms with E-state index in [1.807, 2.05) is 0 Å². The zero-order valence-electron chi connectivity index (χ0n) is 12.0. The molecule has 0 bridgehead atoms. The molecule has 0 radical (unpaired) electrons. The first-order valence-electron chi connectivity index (χ1n) is 7.17. The normalized spacial score (nSPS) is 15.2. The van der Waals surface area contributed by atoms with Gasteiger partial charge in [-0.1, -0.05) is 12.8 Å². The van der Waals surface area contributed by atoms with Gasteiger partial charge in [0.05, 0.1) is 6.54 Å². The number of amides is 1. The molecule has 116 valence electrons. The largest absolute Gasteiger partial charge is 0.368 e. The molecule has 1 saturated carbocycles. The fourth-order valence-electron chi connectivity index (χ4n) is 2.71. The maximum Gasteiger partial charge on any atom is 0.237 e. The minimum atomic E-state index is -0.776. The van der Waals surface area contributed by atoms with Crippen LogP contribution in [0.25, 0.3) is 0 Å². The lowest BCUT2D eigenvalue weighted by Gasteiger charge is -2.29. The molecule has 7 heteroatoms. The molecule has 0 aromatic carbocycles. The Labute approximate surface area is 122 Å². The van der Waals surface area contributed by atoms with Crippen molar-refractivity contribution in [3.05, 3.63) is 17.7 Å². The predicted octanol–water partition coefficient (Wildman–Crippen LogP) is 2.03. The molecule has 5 nitrogen and oxygen atoms in total. The van der Waals surface area contributed by atoms with E-state index < -0.39 is 17.5 Å². The summed E-state index contributed by atoms with van der Waals surface area (Å²) in [7, 11) is 0. The van der Waals surface area contributed by atoms with Crippen LogP contribution < -0.4 is 16.0 Å². The van der Waals surface area contributed by atoms with Crippen molar-refractivity contribution in [2.24, 2.45) is 5.73 Å². The zero-order valence-corrected chi connectivity index (χ0v) is 12.0. The average molecular weight is 298 g/mol. The second-order valence-corrected chi connectivity index (χ2v) is 5.19. The van der Waals surface area contributed by atoms with Gasteiger partial charge in [-0.2, -0.15) is 0 Å². The van der Waals surface area contributed by atoms with Crippen LogP contribution in [-0.2, 0) is 4.79 Å². The summed E-state index contributed by atoms with van der Waals surface area (Å²) in [6, 6.07) is 0.808. The Morgan fingerprint density at radius 3 is 2.67 bits per heavy atom. The van der Waals surface area contributed by atoms with E-state index in [9.17, 15) is 13.6 Å². The lowest BCUT2D eigenvalue weighted by atomic mass is 10.2. The molecule has 21 heavy (non-hydrogen) atoms. The van der Waals surface area contributed by atoms with Gasteiger partial charge in [0.1, 0.15) is 0 Å². The number of hydrogen-bond donors (Lipinski definition) is 2. The number of anilines is 2. The molecule has 1 aliphatic carbocycles. The van der Waals surface area contributed by atoms with E-state index >= 15 is 0 Å². The van der Waals surface area contributed by atoms with Crippen LogP contribution in [-0.4, -0.2) is 30.0 Å². The highest BCUT2D eigenvalue weighted by Gasteiger charge is 2.28. The van der Waals surface area contributed by atoms with E-state index in [1.54, 1.807) is 11.8 Å². The number of rotatable bonds is 6. The third-order valence-electron chi connectivity index (χ3n) is 3.62. The lowest BCUT2D eigenvalue weighted by Crippen LogP contribution is -2.41. The average Bonchev–Trinajstić information content (AvgIpc) is 2.93. The third kappa shape index (κ3) is 3.59. The fourth-order valence-corrected chi connectivity index (χ4v) is 2.71. The van der Waals surface area contributed by atoms with Crippen molar-refractivity contribution in [2.45, 2.75) is 38.6 Å². The molecule has 0 saturated heterocycles. The van der Waals surface area contributed by atoms with Gasteiger partial charge >= 0.3 is 0 Å². The summed E-state index contributed by atoms with van der Waals surface area (Å²) in [6.07, 6.45) is 3.73. The number of nitrogens with zero attached hydrogens (tertiary/aromatic N) is 2. The van der Waals surface area contributed by atoms with Gasteiger partial charge in [-0.25, -0.2) is 13.8 Å². The summed E-state index contributed by atoms with van der Waals surface area (Å²) in [6.45, 7) is 2.14. The van der Waals surface area contributed by atoms with Crippen LogP contribution in [0.15, 0.2) is 6.07 Å². The Hall–Kier alpha value is -1.92. The van der Waals surface area contributed by atoms with Crippen molar-refractivity contribution < 1.29 is 13.6 Å². The van der Waals surface area contributed by atoms with Gasteiger partial charge in [-0.05, 0) is 19.8 Å². The zero-order chi connectivity index (χ0) is 15.4. The first kappa shape index (κ1) is 15.5. The molecule has 1 aromatic rings. The van der Waals surface area contributed by atoms with Gasteiger partial charge in [0, 0.05) is 18.7 Å². The van der Waals surface area contributed by atoms with Gasteiger partial charge in [-0.15, -0.1) is 0 Å². The van der Waals surface area contributed by atoms with Gasteiger partial charge in [0.2, 0.25) is 5.91 Å². The number of halogens is 2. The van der Waals surface area contributed by atoms with E-state index in [-0.39, 0.29) is 24.2 Å². The van der Waals surface area contributed by atoms with Gasteiger partial charge < -0.3 is 16.0 Å². The summed E-state index contributed by atoms with van der Waals surface area (Å²) in [5.74, 6) is -2.11. The standard InChI is InChI=1S/C14H20F2N4O/c1-2-18-13-10(15)7-11(16)14(19-13)20(8-12(17)21)9-5-3-4-6-9/h7,9H,2-6,8H2,1H3,(H2,17,21)(H,18,19). The number of carbonyl (C=O) groups is 1. The number of primary amides is 1. The Morgan fingerprint density at radius 1 is 1.43 bits per heavy atom. The Balaban J connectivity index is 2.37. The highest BCUT2D eigenvalue weighted by atomic mass is 19.1. The number of nitrogens with one attached hydrogen (secondary N) is 1. The van der Waals surface area contributed by atoms with Crippen molar-refractivity contribution in [3.63, 3.8) is 0 Å². The van der Waals surface area contributed by atoms with Crippen LogP contribution in [0.2, 0.25) is 0 Å². The molecule has 0 unspecified atom stereocenters. The van der Waals surface area contributed by atoms with Crippen LogP contribution in [0, 0.1) is 11.6 Å². The molecule has 0 atom stereocenters. The van der Waals surface area contributed by atoms with Gasteiger partial charge in [-0.3, -0.25) is 4.79 Å². The predicted molar refractivity (Wildman–Crippen MR) is 77.1 cm³/mol. The molecule has 1 heterocycles. The Kier molecular flexibility index (Phi) is 4.93. The lowest BCUT2D eigenvalue weighted by molar-refractivity contribution is -0.116. The Morgan fingerprint density at radius 2 is 2.10 bits per heavy atom. The fraction of sp³-hybridized carbons (Fsp3) is 0.571. The van der Waals surface area contributed by atoms with Crippen LogP contribution in [0.5, 0.6) is 0 Å². The van der Waals surface area contributed by atoms with Gasteiger partial charge in [0.25, 0.3) is 0 Å². The number of hydrogen-bond acceptors (Lipinski definition) is 4. The summed E-state index contributed by atoms with van der Waals surface area (Å²) in [5, 5.41) is 2.75. The van der Waals surface area contributed by atoms with Crippen LogP contribution in [0.4, 0.5) is 20.4 Å². The Bertz CT molecular complexity index is 518. The number of carbonyl (C=O) groups excluding carboxylic acids is 1. The van der Waals surface area contributed by atoms with Crippen LogP contribution in [0.1, 0.15) is 32.6 Å². The van der Waals surface area contributed by atoms with Crippen molar-refractivity contribution in [3.8, 4) is 0 Å². The van der Waals surface area contributed by atoms with E-state index in [2.05, 4.69) is 10.3 Å². The minimum absolute atomic E-state index is 0.0126. The summed E-state index contributed by atoms with van der Waals surface area (Å²) >= 11 is 0. The first-order chi connectivity index (χ1) is 10.0. The minimum Gasteiger partial charge on any atom is -0.368 e. The summed E-state index contributed by atoms with van der Waals surface area (Å²) in [4.78, 5) is 16.8. The molecule has 3 N–H and O–H groups in total. The van der Waals surface area contributed by atoms with E-state index in [1.165, 1.54) is 0 Å². The van der Waals surface area contributed by atoms with E-state index in [0.717, 1.165) is 31.7 Å². The molecule has 1 aromatic heterocycles. The summed E-state index contributed by atoms with van der Waals surface area (Å²) < 4.78 is 27.7. The first-order valence-corrected chi connectivity index (χ1v) is 7.17. The molecular weight excluding hydrogens is 278 g/mol. The van der Waals surface area contributed by atoms with Crippen molar-refractivity contribution in [2.75, 3.05) is 23.3 Å². The molecule has 1 fully saturated rings. The van der Waals surface area contributed by atoms with Crippen LogP contribution >= 0.6 is 0 Å². The molecule has 0 aliphatic heterocycles. The van der Waals surface area contributed by atoms with E-state index in [4.69, 9.17) is 5.73 Å². The maximum atomic E-state index is 14.1. The topological polar surface area (TPSA) is 71.2 Å². The molecule has 1 aliphatic rings. The smallest absolute Gasteiger partial charge is 0.237 e. The van der Waals surface area contributed by atoms with Gasteiger partial charge in [0.15, 0.2) is 23.3 Å². The highest BCUT2D eigenvalue weighted by molar-refractivity contribution is 5.79. The van der Waals surface area contributed by atoms with Crippen LogP contribution in [0.3, 0.4) is 0 Å². The molecule has 0 spiro atoms. The van der Waals surface area contributed by atoms with Crippen molar-refractivity contribution in [1.82, 2.24) is 4.98 Å². The number of pyridine rings is 1. The number of aromatic nitrogens is 1. The molecule has 2 rings (SSSR count). The SMILES string of the molecule is CCNc1nc(N(CC(N)=O)C2CCCC2)c(F)cc1F. The van der Waals surface area contributed by atoms with Crippen molar-refractivity contribution >= 4 is 17.5 Å². The second kappa shape index (κ2) is 6.69.